The fraction of sp³-hybridized carbons (Fsp3) is 0.281. The third-order valence-corrected chi connectivity index (χ3v) is 7.67. The lowest BCUT2D eigenvalue weighted by Gasteiger charge is -2.23. The van der Waals surface area contributed by atoms with Crippen LogP contribution in [0.15, 0.2) is 82.2 Å². The third kappa shape index (κ3) is 5.12. The minimum Gasteiger partial charge on any atom is -0.377 e. The Labute approximate surface area is 236 Å². The van der Waals surface area contributed by atoms with Crippen molar-refractivity contribution >= 4 is 16.6 Å². The molecular weight excluding hydrogens is 529 g/mol. The lowest BCUT2D eigenvalue weighted by atomic mass is 9.84. The molecule has 3 aromatic carbocycles. The van der Waals surface area contributed by atoms with E-state index >= 15 is 0 Å². The molecule has 0 saturated heterocycles. The number of fused-ring (bicyclic) bond motifs is 1. The van der Waals surface area contributed by atoms with Gasteiger partial charge in [0.25, 0.3) is 0 Å². The van der Waals surface area contributed by atoms with Gasteiger partial charge in [-0.05, 0) is 68.7 Å². The number of aryl methyl sites for hydroxylation is 1. The van der Waals surface area contributed by atoms with Crippen molar-refractivity contribution in [2.45, 2.75) is 45.3 Å². The Hall–Kier alpha value is -4.40. The van der Waals surface area contributed by atoms with Crippen LogP contribution in [0.3, 0.4) is 0 Å². The number of hydrogen-bond acceptors (Lipinski definition) is 5. The number of rotatable bonds is 6. The van der Waals surface area contributed by atoms with E-state index in [-0.39, 0.29) is 16.8 Å². The first kappa shape index (κ1) is 28.1. The number of benzene rings is 3. The summed E-state index contributed by atoms with van der Waals surface area (Å²) in [7, 11) is 3.83. The summed E-state index contributed by atoms with van der Waals surface area (Å²) in [6.07, 6.45) is -2.76. The molecule has 1 unspecified atom stereocenters. The molecule has 9 heteroatoms. The van der Waals surface area contributed by atoms with Crippen LogP contribution in [0.25, 0.3) is 22.3 Å². The molecule has 0 bridgehead atoms. The van der Waals surface area contributed by atoms with Gasteiger partial charge in [0.1, 0.15) is 0 Å². The van der Waals surface area contributed by atoms with E-state index < -0.39 is 23.2 Å². The van der Waals surface area contributed by atoms with Gasteiger partial charge in [-0.25, -0.2) is 0 Å². The van der Waals surface area contributed by atoms with Crippen LogP contribution in [0.1, 0.15) is 55.0 Å². The molecule has 5 rings (SSSR count). The van der Waals surface area contributed by atoms with Crippen molar-refractivity contribution in [3.63, 3.8) is 0 Å². The van der Waals surface area contributed by atoms with Crippen LogP contribution in [0.4, 0.5) is 18.9 Å². The van der Waals surface area contributed by atoms with Crippen LogP contribution in [0.5, 0.6) is 0 Å². The van der Waals surface area contributed by atoms with Gasteiger partial charge in [-0.2, -0.15) is 18.2 Å². The van der Waals surface area contributed by atoms with E-state index in [1.807, 2.05) is 93.7 Å². The van der Waals surface area contributed by atoms with Gasteiger partial charge in [0.05, 0.1) is 28.1 Å². The van der Waals surface area contributed by atoms with Gasteiger partial charge >= 0.3 is 6.18 Å². The lowest BCUT2D eigenvalue weighted by Crippen LogP contribution is -2.20. The Balaban J connectivity index is 1.69. The molecule has 0 saturated carbocycles. The number of anilines is 1. The molecule has 0 aliphatic carbocycles. The normalized spacial score (nSPS) is 13.0. The minimum absolute atomic E-state index is 0.151. The summed E-state index contributed by atoms with van der Waals surface area (Å²) in [5.41, 5.74) is 2.77. The average Bonchev–Trinajstić information content (AvgIpc) is 3.44. The highest BCUT2D eigenvalue weighted by Gasteiger charge is 2.32. The Morgan fingerprint density at radius 1 is 0.951 bits per heavy atom. The summed E-state index contributed by atoms with van der Waals surface area (Å²) >= 11 is 0. The zero-order valence-corrected chi connectivity index (χ0v) is 23.7. The molecule has 6 nitrogen and oxygen atoms in total. The van der Waals surface area contributed by atoms with Gasteiger partial charge < -0.3 is 14.0 Å². The van der Waals surface area contributed by atoms with E-state index in [1.54, 1.807) is 6.20 Å². The molecule has 0 aliphatic heterocycles. The van der Waals surface area contributed by atoms with Crippen LogP contribution in [0, 0.1) is 6.92 Å². The van der Waals surface area contributed by atoms with Gasteiger partial charge in [0.2, 0.25) is 17.1 Å². The quantitative estimate of drug-likeness (QED) is 0.217. The Morgan fingerprint density at radius 3 is 2.22 bits per heavy atom. The predicted molar refractivity (Wildman–Crippen MR) is 154 cm³/mol. The molecule has 212 valence electrons. The van der Waals surface area contributed by atoms with E-state index in [1.165, 1.54) is 12.1 Å². The van der Waals surface area contributed by atoms with Crippen LogP contribution in [-0.4, -0.2) is 28.8 Å². The first-order chi connectivity index (χ1) is 19.3. The molecule has 0 aliphatic rings. The molecule has 2 heterocycles. The SMILES string of the molecule is Cc1cc2c(=O)c(-c3noc(C(C)(C)c4ccccc4)n3)cn(C(C)c3ccc(C(F)(F)F)cc3)c2cc1N(C)C. The second-order valence-corrected chi connectivity index (χ2v) is 11.0. The minimum atomic E-state index is -4.43. The molecule has 1 atom stereocenters. The summed E-state index contributed by atoms with van der Waals surface area (Å²) in [5, 5.41) is 4.65. The first-order valence-electron chi connectivity index (χ1n) is 13.2. The first-order valence-corrected chi connectivity index (χ1v) is 13.2. The summed E-state index contributed by atoms with van der Waals surface area (Å²) in [6, 6.07) is 18.2. The third-order valence-electron chi connectivity index (χ3n) is 7.67. The molecule has 0 spiro atoms. The molecule has 0 amide bonds. The van der Waals surface area contributed by atoms with Crippen molar-refractivity contribution in [2.24, 2.45) is 0 Å². The van der Waals surface area contributed by atoms with Crippen molar-refractivity contribution in [1.29, 1.82) is 0 Å². The zero-order valence-electron chi connectivity index (χ0n) is 23.7. The van der Waals surface area contributed by atoms with Gasteiger partial charge in [-0.1, -0.05) is 47.6 Å². The molecule has 0 fully saturated rings. The zero-order chi connectivity index (χ0) is 29.7. The van der Waals surface area contributed by atoms with Gasteiger partial charge in [-0.3, -0.25) is 4.79 Å². The van der Waals surface area contributed by atoms with E-state index in [0.29, 0.717) is 22.4 Å². The Bertz CT molecular complexity index is 1770. The van der Waals surface area contributed by atoms with Crippen molar-refractivity contribution in [3.8, 4) is 11.4 Å². The van der Waals surface area contributed by atoms with Crippen molar-refractivity contribution in [3.05, 3.63) is 111 Å². The number of alkyl halides is 3. The highest BCUT2D eigenvalue weighted by Crippen LogP contribution is 2.34. The summed E-state index contributed by atoms with van der Waals surface area (Å²) in [5.74, 6) is 0.512. The largest absolute Gasteiger partial charge is 0.416 e. The number of pyridine rings is 1. The van der Waals surface area contributed by atoms with Gasteiger partial charge in [0, 0.05) is 31.4 Å². The maximum atomic E-state index is 13.9. The number of halogens is 3. The summed E-state index contributed by atoms with van der Waals surface area (Å²) in [6.45, 7) is 7.75. The fourth-order valence-electron chi connectivity index (χ4n) is 5.13. The monoisotopic (exact) mass is 560 g/mol. The number of nitrogens with zero attached hydrogens (tertiary/aromatic N) is 4. The van der Waals surface area contributed by atoms with Crippen LogP contribution < -0.4 is 10.3 Å². The Kier molecular flexibility index (Phi) is 7.01. The topological polar surface area (TPSA) is 64.2 Å². The standard InChI is InChI=1S/C32H31F3N4O2/c1-19-16-24-27(17-26(19)38(5)6)39(20(2)21-12-14-23(15-13-21)32(33,34)35)18-25(28(24)40)29-36-30(41-37-29)31(3,4)22-10-8-7-9-11-22/h7-18,20H,1-6H3. The smallest absolute Gasteiger partial charge is 0.377 e. The van der Waals surface area contributed by atoms with Gasteiger partial charge in [0.15, 0.2) is 0 Å². The summed E-state index contributed by atoms with van der Waals surface area (Å²) < 4.78 is 47.2. The number of aromatic nitrogens is 3. The predicted octanol–water partition coefficient (Wildman–Crippen LogP) is 7.38. The molecule has 2 aromatic heterocycles. The fourth-order valence-corrected chi connectivity index (χ4v) is 5.13. The van der Waals surface area contributed by atoms with E-state index in [9.17, 15) is 18.0 Å². The van der Waals surface area contributed by atoms with E-state index in [2.05, 4.69) is 10.1 Å². The van der Waals surface area contributed by atoms with Crippen LogP contribution in [-0.2, 0) is 11.6 Å². The van der Waals surface area contributed by atoms with Crippen molar-refractivity contribution in [2.75, 3.05) is 19.0 Å². The maximum absolute atomic E-state index is 13.9. The molecule has 0 N–H and O–H groups in total. The Morgan fingerprint density at radius 2 is 1.61 bits per heavy atom. The molecule has 5 aromatic rings. The second kappa shape index (κ2) is 10.2. The molecular formula is C32H31F3N4O2. The van der Waals surface area contributed by atoms with Crippen molar-refractivity contribution in [1.82, 2.24) is 14.7 Å². The van der Waals surface area contributed by atoms with Crippen LogP contribution in [0.2, 0.25) is 0 Å². The molecule has 41 heavy (non-hydrogen) atoms. The van der Waals surface area contributed by atoms with Gasteiger partial charge in [-0.15, -0.1) is 0 Å². The second-order valence-electron chi connectivity index (χ2n) is 11.0. The van der Waals surface area contributed by atoms with E-state index in [4.69, 9.17) is 4.52 Å². The van der Waals surface area contributed by atoms with Crippen LogP contribution >= 0.6 is 0 Å². The van der Waals surface area contributed by atoms with Crippen molar-refractivity contribution < 1.29 is 17.7 Å². The summed E-state index contributed by atoms with van der Waals surface area (Å²) in [4.78, 5) is 20.5. The van der Waals surface area contributed by atoms with E-state index in [0.717, 1.165) is 28.9 Å². The molecule has 0 radical (unpaired) electrons. The lowest BCUT2D eigenvalue weighted by molar-refractivity contribution is -0.137. The highest BCUT2D eigenvalue weighted by molar-refractivity contribution is 5.87. The number of hydrogen-bond donors (Lipinski definition) is 0. The average molecular weight is 561 g/mol. The highest BCUT2D eigenvalue weighted by atomic mass is 19.4. The maximum Gasteiger partial charge on any atom is 0.416 e.